The summed E-state index contributed by atoms with van der Waals surface area (Å²) in [6.45, 7) is 1.34. The summed E-state index contributed by atoms with van der Waals surface area (Å²) < 4.78 is 42.5. The minimum Gasteiger partial charge on any atom is -0.497 e. The first kappa shape index (κ1) is 26.1. The molecule has 8 nitrogen and oxygen atoms in total. The van der Waals surface area contributed by atoms with E-state index in [0.717, 1.165) is 17.4 Å². The molecular formula is C26H30N2O6S. The number of anilines is 1. The number of methoxy groups -OCH3 is 2. The first-order valence-corrected chi connectivity index (χ1v) is 12.8. The third kappa shape index (κ3) is 7.46. The van der Waals surface area contributed by atoms with Gasteiger partial charge in [0.1, 0.15) is 11.5 Å². The van der Waals surface area contributed by atoms with Crippen molar-refractivity contribution in [2.75, 3.05) is 37.9 Å². The van der Waals surface area contributed by atoms with Crippen LogP contribution >= 0.6 is 0 Å². The number of nitrogens with one attached hydrogen (secondary N) is 1. The van der Waals surface area contributed by atoms with Gasteiger partial charge in [0, 0.05) is 18.2 Å². The van der Waals surface area contributed by atoms with Gasteiger partial charge in [-0.15, -0.1) is 0 Å². The minimum absolute atomic E-state index is 0.0801. The molecule has 9 heteroatoms. The Labute approximate surface area is 206 Å². The Hall–Kier alpha value is -3.56. The molecule has 35 heavy (non-hydrogen) atoms. The molecule has 0 atom stereocenters. The van der Waals surface area contributed by atoms with Crippen molar-refractivity contribution in [1.82, 2.24) is 5.32 Å². The smallest absolute Gasteiger partial charge is 0.251 e. The van der Waals surface area contributed by atoms with Crippen molar-refractivity contribution in [3.05, 3.63) is 89.5 Å². The van der Waals surface area contributed by atoms with Gasteiger partial charge in [0.05, 0.1) is 45.9 Å². The average Bonchev–Trinajstić information content (AvgIpc) is 2.87. The molecule has 3 rings (SSSR count). The fourth-order valence-electron chi connectivity index (χ4n) is 3.40. The van der Waals surface area contributed by atoms with Gasteiger partial charge in [-0.3, -0.25) is 9.10 Å². The van der Waals surface area contributed by atoms with E-state index in [4.69, 9.17) is 14.2 Å². The summed E-state index contributed by atoms with van der Waals surface area (Å²) in [6, 6.07) is 21.6. The summed E-state index contributed by atoms with van der Waals surface area (Å²) >= 11 is 0. The maximum Gasteiger partial charge on any atom is 0.251 e. The molecule has 0 saturated heterocycles. The summed E-state index contributed by atoms with van der Waals surface area (Å²) in [6.07, 6.45) is 1.14. The van der Waals surface area contributed by atoms with Crippen LogP contribution in [0.5, 0.6) is 11.5 Å². The zero-order chi connectivity index (χ0) is 25.3. The van der Waals surface area contributed by atoms with Crippen LogP contribution in [0.2, 0.25) is 0 Å². The zero-order valence-electron chi connectivity index (χ0n) is 20.1. The van der Waals surface area contributed by atoms with Crippen molar-refractivity contribution in [3.8, 4) is 11.5 Å². The number of carbonyl (C=O) groups is 1. The van der Waals surface area contributed by atoms with E-state index in [2.05, 4.69) is 5.32 Å². The Morgan fingerprint density at radius 2 is 1.63 bits per heavy atom. The Balaban J connectivity index is 1.60. The van der Waals surface area contributed by atoms with Gasteiger partial charge in [-0.05, 0) is 35.4 Å². The molecule has 1 N–H and O–H groups in total. The second-order valence-corrected chi connectivity index (χ2v) is 9.71. The van der Waals surface area contributed by atoms with Crippen LogP contribution in [0.1, 0.15) is 21.5 Å². The number of benzene rings is 3. The second-order valence-electron chi connectivity index (χ2n) is 7.80. The Morgan fingerprint density at radius 3 is 2.26 bits per heavy atom. The Morgan fingerprint density at radius 1 is 0.914 bits per heavy atom. The Kier molecular flexibility index (Phi) is 9.11. The highest BCUT2D eigenvalue weighted by atomic mass is 32.2. The molecule has 0 spiro atoms. The maximum absolute atomic E-state index is 12.6. The number of ether oxygens (including phenoxy) is 3. The first-order valence-electron chi connectivity index (χ1n) is 11.0. The van der Waals surface area contributed by atoms with Crippen molar-refractivity contribution in [3.63, 3.8) is 0 Å². The molecule has 0 aliphatic rings. The molecule has 0 bridgehead atoms. The van der Waals surface area contributed by atoms with Crippen LogP contribution in [0.25, 0.3) is 0 Å². The summed E-state index contributed by atoms with van der Waals surface area (Å²) in [5, 5.41) is 2.82. The third-order valence-corrected chi connectivity index (χ3v) is 6.37. The first-order chi connectivity index (χ1) is 16.8. The van der Waals surface area contributed by atoms with Crippen LogP contribution in [0.4, 0.5) is 5.69 Å². The van der Waals surface area contributed by atoms with E-state index in [1.807, 2.05) is 30.3 Å². The van der Waals surface area contributed by atoms with Crippen molar-refractivity contribution in [2.45, 2.75) is 13.2 Å². The minimum atomic E-state index is -3.61. The van der Waals surface area contributed by atoms with E-state index in [1.54, 1.807) is 42.5 Å². The van der Waals surface area contributed by atoms with Gasteiger partial charge in [-0.25, -0.2) is 8.42 Å². The average molecular weight is 499 g/mol. The summed E-state index contributed by atoms with van der Waals surface area (Å²) in [4.78, 5) is 12.4. The van der Waals surface area contributed by atoms with Gasteiger partial charge >= 0.3 is 0 Å². The Bertz CT molecular complexity index is 1210. The van der Waals surface area contributed by atoms with Crippen molar-refractivity contribution in [2.24, 2.45) is 0 Å². The monoisotopic (exact) mass is 498 g/mol. The van der Waals surface area contributed by atoms with E-state index < -0.39 is 10.0 Å². The van der Waals surface area contributed by atoms with E-state index in [-0.39, 0.29) is 12.5 Å². The van der Waals surface area contributed by atoms with Gasteiger partial charge in [-0.2, -0.15) is 0 Å². The largest absolute Gasteiger partial charge is 0.497 e. The predicted molar refractivity (Wildman–Crippen MR) is 135 cm³/mol. The summed E-state index contributed by atoms with van der Waals surface area (Å²) in [5.74, 6) is 0.705. The van der Waals surface area contributed by atoms with E-state index in [1.165, 1.54) is 18.5 Å². The van der Waals surface area contributed by atoms with Gasteiger partial charge in [0.15, 0.2) is 0 Å². The lowest BCUT2D eigenvalue weighted by Crippen LogP contribution is -2.30. The molecule has 1 amide bonds. The van der Waals surface area contributed by atoms with Crippen molar-refractivity contribution in [1.29, 1.82) is 0 Å². The summed E-state index contributed by atoms with van der Waals surface area (Å²) in [5.41, 5.74) is 2.67. The quantitative estimate of drug-likeness (QED) is 0.384. The third-order valence-electron chi connectivity index (χ3n) is 5.24. The number of sulfonamides is 1. The highest BCUT2D eigenvalue weighted by Gasteiger charge is 2.22. The van der Waals surface area contributed by atoms with E-state index in [0.29, 0.717) is 42.5 Å². The normalized spacial score (nSPS) is 11.1. The van der Waals surface area contributed by atoms with Crippen LogP contribution in [0.15, 0.2) is 72.8 Å². The molecule has 0 fully saturated rings. The molecule has 186 valence electrons. The molecule has 0 aromatic heterocycles. The molecule has 0 heterocycles. The fourth-order valence-corrected chi connectivity index (χ4v) is 4.29. The van der Waals surface area contributed by atoms with Crippen molar-refractivity contribution < 1.29 is 27.4 Å². The number of hydrogen-bond acceptors (Lipinski definition) is 6. The molecular weight excluding hydrogens is 468 g/mol. The molecule has 0 unspecified atom stereocenters. The second kappa shape index (κ2) is 12.2. The van der Waals surface area contributed by atoms with Gasteiger partial charge in [0.2, 0.25) is 10.0 Å². The van der Waals surface area contributed by atoms with Crippen LogP contribution in [-0.2, 0) is 27.9 Å². The number of amides is 1. The van der Waals surface area contributed by atoms with E-state index >= 15 is 0 Å². The van der Waals surface area contributed by atoms with Crippen molar-refractivity contribution >= 4 is 21.6 Å². The maximum atomic E-state index is 12.6. The van der Waals surface area contributed by atoms with Crippen LogP contribution in [0, 0.1) is 0 Å². The number of nitrogens with zero attached hydrogens (tertiary/aromatic N) is 1. The lowest BCUT2D eigenvalue weighted by Gasteiger charge is -2.24. The molecule has 3 aromatic carbocycles. The number of rotatable bonds is 12. The van der Waals surface area contributed by atoms with Crippen LogP contribution in [0.3, 0.4) is 0 Å². The lowest BCUT2D eigenvalue weighted by atomic mass is 10.1. The predicted octanol–water partition coefficient (Wildman–Crippen LogP) is 3.62. The molecule has 0 aliphatic heterocycles. The van der Waals surface area contributed by atoms with E-state index in [9.17, 15) is 13.2 Å². The zero-order valence-corrected chi connectivity index (χ0v) is 20.9. The number of hydrogen-bond donors (Lipinski definition) is 1. The van der Waals surface area contributed by atoms with Crippen LogP contribution < -0.4 is 19.1 Å². The fraction of sp³-hybridized carbons (Fsp3) is 0.269. The SMILES string of the molecule is COc1ccc(N(Cc2ccc(C(=O)NCCOCc3ccccc3)cc2)S(C)(=O)=O)c(OC)c1. The van der Waals surface area contributed by atoms with Gasteiger partial charge in [0.25, 0.3) is 5.91 Å². The molecule has 0 aliphatic carbocycles. The highest BCUT2D eigenvalue weighted by molar-refractivity contribution is 7.92. The number of carbonyl (C=O) groups excluding carboxylic acids is 1. The molecule has 0 saturated carbocycles. The molecule has 3 aromatic rings. The highest BCUT2D eigenvalue weighted by Crippen LogP contribution is 2.34. The van der Waals surface area contributed by atoms with Crippen LogP contribution in [-0.4, -0.2) is 48.0 Å². The summed E-state index contributed by atoms with van der Waals surface area (Å²) in [7, 11) is -0.616. The van der Waals surface area contributed by atoms with Gasteiger partial charge in [-0.1, -0.05) is 42.5 Å². The standard InChI is InChI=1S/C26H30N2O6S/c1-32-23-13-14-24(25(17-23)33-2)28(35(3,30)31)18-20-9-11-22(12-10-20)26(29)27-15-16-34-19-21-7-5-4-6-8-21/h4-14,17H,15-16,18-19H2,1-3H3,(H,27,29). The molecule has 0 radical (unpaired) electrons. The topological polar surface area (TPSA) is 94.2 Å². The van der Waals surface area contributed by atoms with Gasteiger partial charge < -0.3 is 19.5 Å². The lowest BCUT2D eigenvalue weighted by molar-refractivity contribution is 0.0901.